The maximum atomic E-state index is 13.1. The molecule has 0 radical (unpaired) electrons. The lowest BCUT2D eigenvalue weighted by Gasteiger charge is -2.25. The molecule has 0 unspecified atom stereocenters. The number of pyridine rings is 2. The highest BCUT2D eigenvalue weighted by Gasteiger charge is 2.46. The number of nitrogens with zero attached hydrogens (tertiary/aromatic N) is 3. The highest BCUT2D eigenvalue weighted by Crippen LogP contribution is 2.40. The summed E-state index contributed by atoms with van der Waals surface area (Å²) in [6, 6.07) is 11.5. The molecule has 1 aliphatic rings. The lowest BCUT2D eigenvalue weighted by atomic mass is 9.94. The number of ether oxygens (including phenoxy) is 1. The third-order valence-electron chi connectivity index (χ3n) is 5.33. The van der Waals surface area contributed by atoms with E-state index in [1.165, 1.54) is 4.90 Å². The molecule has 1 N–H and O–H groups in total. The van der Waals surface area contributed by atoms with Crippen LogP contribution >= 0.6 is 0 Å². The first-order chi connectivity index (χ1) is 15.0. The minimum absolute atomic E-state index is 0.0494. The fourth-order valence-electron chi connectivity index (χ4n) is 3.80. The zero-order chi connectivity index (χ0) is 22.0. The summed E-state index contributed by atoms with van der Waals surface area (Å²) in [4.78, 5) is 35.7. The van der Waals surface area contributed by atoms with Crippen molar-refractivity contribution in [3.63, 3.8) is 0 Å². The number of Topliss-reactive ketones (excluding diaryl/α,β-unsaturated/α-hetero) is 1. The Labute approximate surface area is 179 Å². The Balaban J connectivity index is 1.86. The number of carbonyl (C=O) groups excluding carboxylic acids is 2. The van der Waals surface area contributed by atoms with E-state index in [1.807, 2.05) is 13.0 Å². The highest BCUT2D eigenvalue weighted by atomic mass is 16.5. The van der Waals surface area contributed by atoms with Crippen molar-refractivity contribution in [1.82, 2.24) is 14.9 Å². The number of likely N-dealkylation sites (tertiary alicyclic amines) is 1. The minimum Gasteiger partial charge on any atom is -0.507 e. The van der Waals surface area contributed by atoms with Crippen molar-refractivity contribution in [2.45, 2.75) is 19.5 Å². The second kappa shape index (κ2) is 8.39. The Morgan fingerprint density at radius 3 is 2.52 bits per heavy atom. The van der Waals surface area contributed by atoms with Gasteiger partial charge in [-0.15, -0.1) is 0 Å². The molecule has 0 bridgehead atoms. The summed E-state index contributed by atoms with van der Waals surface area (Å²) in [7, 11) is 1.56. The molecule has 4 rings (SSSR count). The van der Waals surface area contributed by atoms with E-state index in [0.717, 1.165) is 11.1 Å². The molecule has 3 heterocycles. The average Bonchev–Trinajstić information content (AvgIpc) is 3.04. The van der Waals surface area contributed by atoms with Crippen LogP contribution in [0.15, 0.2) is 72.8 Å². The number of ketones is 1. The maximum absolute atomic E-state index is 13.1. The Morgan fingerprint density at radius 2 is 1.87 bits per heavy atom. The normalized spacial score (nSPS) is 17.7. The average molecular weight is 415 g/mol. The lowest BCUT2D eigenvalue weighted by molar-refractivity contribution is -0.140. The van der Waals surface area contributed by atoms with Crippen molar-refractivity contribution >= 4 is 17.4 Å². The molecule has 1 saturated heterocycles. The molecule has 3 aromatic rings. The number of aliphatic hydroxyl groups is 1. The zero-order valence-corrected chi connectivity index (χ0v) is 17.1. The van der Waals surface area contributed by atoms with Gasteiger partial charge < -0.3 is 14.7 Å². The van der Waals surface area contributed by atoms with Crippen LogP contribution in [0.1, 0.15) is 28.3 Å². The summed E-state index contributed by atoms with van der Waals surface area (Å²) in [5.74, 6) is -0.970. The van der Waals surface area contributed by atoms with E-state index >= 15 is 0 Å². The van der Waals surface area contributed by atoms with E-state index in [1.54, 1.807) is 68.3 Å². The van der Waals surface area contributed by atoms with Gasteiger partial charge in [0.1, 0.15) is 11.5 Å². The van der Waals surface area contributed by atoms with Crippen LogP contribution in [0.2, 0.25) is 0 Å². The fraction of sp³-hybridized carbons (Fsp3) is 0.167. The number of rotatable bonds is 5. The van der Waals surface area contributed by atoms with Crippen LogP contribution in [0.4, 0.5) is 0 Å². The molecule has 0 aliphatic carbocycles. The molecule has 1 atom stereocenters. The van der Waals surface area contributed by atoms with Crippen molar-refractivity contribution < 1.29 is 19.4 Å². The second-order valence-corrected chi connectivity index (χ2v) is 7.25. The van der Waals surface area contributed by atoms with E-state index in [-0.39, 0.29) is 17.9 Å². The van der Waals surface area contributed by atoms with Crippen molar-refractivity contribution in [2.24, 2.45) is 0 Å². The molecule has 0 spiro atoms. The molecule has 2 aromatic heterocycles. The van der Waals surface area contributed by atoms with Crippen molar-refractivity contribution in [2.75, 3.05) is 7.11 Å². The summed E-state index contributed by atoms with van der Waals surface area (Å²) >= 11 is 0. The molecular weight excluding hydrogens is 394 g/mol. The van der Waals surface area contributed by atoms with Crippen LogP contribution in [-0.4, -0.2) is 38.8 Å². The van der Waals surface area contributed by atoms with E-state index < -0.39 is 17.7 Å². The van der Waals surface area contributed by atoms with Gasteiger partial charge in [-0.05, 0) is 60.0 Å². The summed E-state index contributed by atoms with van der Waals surface area (Å²) in [5.41, 5.74) is 2.71. The molecule has 7 nitrogen and oxygen atoms in total. The Morgan fingerprint density at radius 1 is 1.10 bits per heavy atom. The second-order valence-electron chi connectivity index (χ2n) is 7.25. The number of hydrogen-bond acceptors (Lipinski definition) is 6. The first-order valence-corrected chi connectivity index (χ1v) is 9.73. The topological polar surface area (TPSA) is 92.6 Å². The summed E-state index contributed by atoms with van der Waals surface area (Å²) in [5, 5.41) is 11.2. The monoisotopic (exact) mass is 415 g/mol. The molecule has 1 fully saturated rings. The molecule has 7 heteroatoms. The molecule has 1 aliphatic heterocycles. The van der Waals surface area contributed by atoms with Crippen molar-refractivity contribution in [3.05, 3.63) is 95.1 Å². The predicted molar refractivity (Wildman–Crippen MR) is 114 cm³/mol. The van der Waals surface area contributed by atoms with E-state index in [4.69, 9.17) is 4.74 Å². The smallest absolute Gasteiger partial charge is 0.295 e. The standard InChI is InChI=1S/C24H21N3O4/c1-15-12-18(31-2)5-6-19(15)22(28)20-21(17-7-10-25-11-8-17)27(24(30)23(20)29)14-16-4-3-9-26-13-16/h3-13,21,28H,14H2,1-2H3/t21-/m0/s1. The Hall–Kier alpha value is -4.00. The van der Waals surface area contributed by atoms with Gasteiger partial charge in [0.15, 0.2) is 0 Å². The zero-order valence-electron chi connectivity index (χ0n) is 17.1. The van der Waals surface area contributed by atoms with Crippen LogP contribution in [-0.2, 0) is 16.1 Å². The number of methoxy groups -OCH3 is 1. The number of amides is 1. The van der Waals surface area contributed by atoms with Gasteiger partial charge in [-0.1, -0.05) is 6.07 Å². The van der Waals surface area contributed by atoms with Crippen LogP contribution in [0.25, 0.3) is 5.76 Å². The first-order valence-electron chi connectivity index (χ1n) is 9.73. The molecule has 31 heavy (non-hydrogen) atoms. The van der Waals surface area contributed by atoms with Gasteiger partial charge >= 0.3 is 0 Å². The van der Waals surface area contributed by atoms with Gasteiger partial charge in [-0.25, -0.2) is 0 Å². The third-order valence-corrected chi connectivity index (χ3v) is 5.33. The van der Waals surface area contributed by atoms with Crippen LogP contribution < -0.4 is 4.74 Å². The summed E-state index contributed by atoms with van der Waals surface area (Å²) in [6.45, 7) is 1.99. The number of aromatic nitrogens is 2. The van der Waals surface area contributed by atoms with E-state index in [2.05, 4.69) is 9.97 Å². The van der Waals surface area contributed by atoms with E-state index in [0.29, 0.717) is 16.9 Å². The minimum atomic E-state index is -0.746. The van der Waals surface area contributed by atoms with Crippen LogP contribution in [0, 0.1) is 6.92 Å². The number of aryl methyl sites for hydroxylation is 1. The highest BCUT2D eigenvalue weighted by molar-refractivity contribution is 6.46. The van der Waals surface area contributed by atoms with Crippen LogP contribution in [0.3, 0.4) is 0 Å². The number of aliphatic hydroxyl groups excluding tert-OH is 1. The largest absolute Gasteiger partial charge is 0.507 e. The van der Waals surface area contributed by atoms with Crippen LogP contribution in [0.5, 0.6) is 5.75 Å². The molecule has 1 amide bonds. The molecule has 156 valence electrons. The van der Waals surface area contributed by atoms with Gasteiger partial charge in [0.25, 0.3) is 11.7 Å². The Bertz CT molecular complexity index is 1160. The van der Waals surface area contributed by atoms with Gasteiger partial charge in [-0.3, -0.25) is 19.6 Å². The molecule has 1 aromatic carbocycles. The summed E-state index contributed by atoms with van der Waals surface area (Å²) < 4.78 is 5.23. The molecule has 0 saturated carbocycles. The number of carbonyl (C=O) groups is 2. The quantitative estimate of drug-likeness (QED) is 0.390. The summed E-state index contributed by atoms with van der Waals surface area (Å²) in [6.07, 6.45) is 6.48. The Kier molecular flexibility index (Phi) is 5.49. The maximum Gasteiger partial charge on any atom is 0.295 e. The SMILES string of the molecule is COc1ccc(C(O)=C2C(=O)C(=O)N(Cc3cccnc3)[C@H]2c2ccncc2)c(C)c1. The van der Waals surface area contributed by atoms with Gasteiger partial charge in [-0.2, -0.15) is 0 Å². The van der Waals surface area contributed by atoms with Crippen molar-refractivity contribution in [1.29, 1.82) is 0 Å². The van der Waals surface area contributed by atoms with Gasteiger partial charge in [0, 0.05) is 36.9 Å². The third kappa shape index (κ3) is 3.77. The van der Waals surface area contributed by atoms with Gasteiger partial charge in [0.05, 0.1) is 18.7 Å². The lowest BCUT2D eigenvalue weighted by Crippen LogP contribution is -2.29. The number of hydrogen-bond donors (Lipinski definition) is 1. The predicted octanol–water partition coefficient (Wildman–Crippen LogP) is 3.42. The first kappa shape index (κ1) is 20.3. The number of benzene rings is 1. The fourth-order valence-corrected chi connectivity index (χ4v) is 3.80. The van der Waals surface area contributed by atoms with E-state index in [9.17, 15) is 14.7 Å². The molecular formula is C24H21N3O4. The van der Waals surface area contributed by atoms with Crippen molar-refractivity contribution in [3.8, 4) is 5.75 Å². The van der Waals surface area contributed by atoms with Gasteiger partial charge in [0.2, 0.25) is 0 Å².